The van der Waals surface area contributed by atoms with Crippen molar-refractivity contribution in [2.45, 2.75) is 70.3 Å². The first-order chi connectivity index (χ1) is 7.73. The van der Waals surface area contributed by atoms with Crippen molar-refractivity contribution >= 4 is 11.6 Å². The smallest absolute Gasteiger partial charge is 0.0659 e. The lowest BCUT2D eigenvalue weighted by Gasteiger charge is -2.52. The molecule has 2 fully saturated rings. The van der Waals surface area contributed by atoms with Gasteiger partial charge in [-0.3, -0.25) is 0 Å². The van der Waals surface area contributed by atoms with E-state index in [9.17, 15) is 0 Å². The molecule has 2 saturated carbocycles. The Morgan fingerprint density at radius 2 is 1.94 bits per heavy atom. The molecule has 0 saturated heterocycles. The summed E-state index contributed by atoms with van der Waals surface area (Å²) in [6.45, 7) is 5.46. The van der Waals surface area contributed by atoms with E-state index in [-0.39, 0.29) is 5.41 Å². The molecule has 2 heteroatoms. The average Bonchev–Trinajstić information content (AvgIpc) is 2.22. The minimum atomic E-state index is 0.279. The minimum absolute atomic E-state index is 0.279. The summed E-state index contributed by atoms with van der Waals surface area (Å²) in [5, 5.41) is 0.344. The number of alkyl halides is 1. The second-order valence-corrected chi connectivity index (χ2v) is 6.12. The zero-order valence-corrected chi connectivity index (χ0v) is 11.4. The SMILES string of the molecule is CCC1(CC)C(Cl)CC1OCCC1CCC1. The number of hydrogen-bond donors (Lipinski definition) is 0. The lowest BCUT2D eigenvalue weighted by molar-refractivity contribution is -0.115. The Bertz CT molecular complexity index is 221. The standard InChI is InChI=1S/C14H25ClO/c1-3-14(4-2)12(15)10-13(14)16-9-8-11-6-5-7-11/h11-13H,3-10H2,1-2H3. The van der Waals surface area contributed by atoms with Crippen LogP contribution in [0.5, 0.6) is 0 Å². The van der Waals surface area contributed by atoms with Gasteiger partial charge in [-0.2, -0.15) is 0 Å². The zero-order valence-electron chi connectivity index (χ0n) is 10.7. The fraction of sp³-hybridized carbons (Fsp3) is 1.00. The van der Waals surface area contributed by atoms with Crippen LogP contribution in [0, 0.1) is 11.3 Å². The summed E-state index contributed by atoms with van der Waals surface area (Å²) in [7, 11) is 0. The molecule has 2 unspecified atom stereocenters. The van der Waals surface area contributed by atoms with Gasteiger partial charge in [-0.15, -0.1) is 11.6 Å². The Balaban J connectivity index is 1.72. The molecular weight excluding hydrogens is 220 g/mol. The van der Waals surface area contributed by atoms with E-state index in [0.29, 0.717) is 11.5 Å². The summed E-state index contributed by atoms with van der Waals surface area (Å²) in [4.78, 5) is 0. The Labute approximate surface area is 105 Å². The molecule has 2 atom stereocenters. The third kappa shape index (κ3) is 2.13. The van der Waals surface area contributed by atoms with E-state index < -0.39 is 0 Å². The van der Waals surface area contributed by atoms with Gasteiger partial charge in [0.1, 0.15) is 0 Å². The largest absolute Gasteiger partial charge is 0.378 e. The van der Waals surface area contributed by atoms with E-state index in [1.807, 2.05) is 0 Å². The maximum atomic E-state index is 6.37. The fourth-order valence-electron chi connectivity index (χ4n) is 3.24. The van der Waals surface area contributed by atoms with Crippen LogP contribution in [0.15, 0.2) is 0 Å². The van der Waals surface area contributed by atoms with Gasteiger partial charge in [0.05, 0.1) is 6.10 Å². The molecule has 0 aliphatic heterocycles. The van der Waals surface area contributed by atoms with Crippen molar-refractivity contribution in [1.82, 2.24) is 0 Å². The first kappa shape index (κ1) is 12.7. The van der Waals surface area contributed by atoms with Crippen LogP contribution >= 0.6 is 11.6 Å². The summed E-state index contributed by atoms with van der Waals surface area (Å²) in [5.41, 5.74) is 0.279. The third-order valence-electron chi connectivity index (χ3n) is 5.07. The lowest BCUT2D eigenvalue weighted by atomic mass is 9.62. The summed E-state index contributed by atoms with van der Waals surface area (Å²) >= 11 is 6.37. The monoisotopic (exact) mass is 244 g/mol. The summed E-state index contributed by atoms with van der Waals surface area (Å²) < 4.78 is 6.07. The number of hydrogen-bond acceptors (Lipinski definition) is 1. The van der Waals surface area contributed by atoms with E-state index in [4.69, 9.17) is 16.3 Å². The molecule has 94 valence electrons. The van der Waals surface area contributed by atoms with Crippen LogP contribution in [-0.4, -0.2) is 18.1 Å². The molecule has 0 aromatic carbocycles. The van der Waals surface area contributed by atoms with Gasteiger partial charge in [0.15, 0.2) is 0 Å². The molecule has 0 spiro atoms. The quantitative estimate of drug-likeness (QED) is 0.630. The topological polar surface area (TPSA) is 9.23 Å². The van der Waals surface area contributed by atoms with Crippen molar-refractivity contribution in [3.8, 4) is 0 Å². The summed E-state index contributed by atoms with van der Waals surface area (Å²) in [5.74, 6) is 0.963. The first-order valence-electron chi connectivity index (χ1n) is 6.98. The summed E-state index contributed by atoms with van der Waals surface area (Å²) in [6, 6.07) is 0. The number of rotatable bonds is 6. The van der Waals surface area contributed by atoms with Crippen LogP contribution in [0.25, 0.3) is 0 Å². The molecule has 0 aromatic heterocycles. The normalized spacial score (nSPS) is 33.2. The van der Waals surface area contributed by atoms with Gasteiger partial charge in [-0.1, -0.05) is 33.1 Å². The van der Waals surface area contributed by atoms with Crippen LogP contribution in [0.1, 0.15) is 58.8 Å². The Kier molecular flexibility index (Phi) is 4.18. The molecule has 16 heavy (non-hydrogen) atoms. The highest BCUT2D eigenvalue weighted by Crippen LogP contribution is 2.52. The molecule has 0 bridgehead atoms. The highest BCUT2D eigenvalue weighted by molar-refractivity contribution is 6.21. The van der Waals surface area contributed by atoms with Crippen molar-refractivity contribution in [2.24, 2.45) is 11.3 Å². The molecule has 2 aliphatic carbocycles. The lowest BCUT2D eigenvalue weighted by Crippen LogP contribution is -2.55. The second kappa shape index (κ2) is 5.27. The van der Waals surface area contributed by atoms with Crippen molar-refractivity contribution in [1.29, 1.82) is 0 Å². The molecule has 0 heterocycles. The van der Waals surface area contributed by atoms with E-state index in [1.165, 1.54) is 25.7 Å². The van der Waals surface area contributed by atoms with Crippen LogP contribution in [0.3, 0.4) is 0 Å². The first-order valence-corrected chi connectivity index (χ1v) is 7.42. The highest BCUT2D eigenvalue weighted by atomic mass is 35.5. The predicted molar refractivity (Wildman–Crippen MR) is 69.0 cm³/mol. The Morgan fingerprint density at radius 1 is 1.25 bits per heavy atom. The fourth-order valence-corrected chi connectivity index (χ4v) is 3.85. The Hall–Kier alpha value is 0.250. The number of halogens is 1. The second-order valence-electron chi connectivity index (χ2n) is 5.59. The molecule has 2 rings (SSSR count). The molecule has 0 N–H and O–H groups in total. The minimum Gasteiger partial charge on any atom is -0.378 e. The highest BCUT2D eigenvalue weighted by Gasteiger charge is 2.52. The van der Waals surface area contributed by atoms with Gasteiger partial charge in [-0.25, -0.2) is 0 Å². The molecule has 0 radical (unpaired) electrons. The van der Waals surface area contributed by atoms with E-state index in [0.717, 1.165) is 31.8 Å². The Morgan fingerprint density at radius 3 is 2.38 bits per heavy atom. The third-order valence-corrected chi connectivity index (χ3v) is 5.69. The molecule has 0 amide bonds. The van der Waals surface area contributed by atoms with Crippen molar-refractivity contribution in [3.05, 3.63) is 0 Å². The van der Waals surface area contributed by atoms with Gasteiger partial charge in [0.25, 0.3) is 0 Å². The number of ether oxygens (including phenoxy) is 1. The van der Waals surface area contributed by atoms with Crippen LogP contribution in [0.4, 0.5) is 0 Å². The van der Waals surface area contributed by atoms with Crippen molar-refractivity contribution in [3.63, 3.8) is 0 Å². The van der Waals surface area contributed by atoms with Gasteiger partial charge < -0.3 is 4.74 Å². The maximum absolute atomic E-state index is 6.37. The molecule has 2 aliphatic rings. The average molecular weight is 245 g/mol. The van der Waals surface area contributed by atoms with E-state index >= 15 is 0 Å². The van der Waals surface area contributed by atoms with E-state index in [1.54, 1.807) is 0 Å². The van der Waals surface area contributed by atoms with Crippen LogP contribution < -0.4 is 0 Å². The summed E-state index contributed by atoms with van der Waals surface area (Å²) in [6.07, 6.45) is 9.38. The van der Waals surface area contributed by atoms with E-state index in [2.05, 4.69) is 13.8 Å². The maximum Gasteiger partial charge on any atom is 0.0659 e. The molecular formula is C14H25ClO. The molecule has 0 aromatic rings. The zero-order chi connectivity index (χ0) is 11.6. The molecule has 1 nitrogen and oxygen atoms in total. The van der Waals surface area contributed by atoms with Gasteiger partial charge >= 0.3 is 0 Å². The van der Waals surface area contributed by atoms with Crippen LogP contribution in [-0.2, 0) is 4.74 Å². The van der Waals surface area contributed by atoms with Crippen molar-refractivity contribution < 1.29 is 4.74 Å². The van der Waals surface area contributed by atoms with Gasteiger partial charge in [0, 0.05) is 17.4 Å². The van der Waals surface area contributed by atoms with Gasteiger partial charge in [-0.05, 0) is 31.6 Å². The van der Waals surface area contributed by atoms with Gasteiger partial charge in [0.2, 0.25) is 0 Å². The van der Waals surface area contributed by atoms with Crippen LogP contribution in [0.2, 0.25) is 0 Å². The van der Waals surface area contributed by atoms with Crippen molar-refractivity contribution in [2.75, 3.05) is 6.61 Å². The predicted octanol–water partition coefficient (Wildman–Crippen LogP) is 4.38.